The fourth-order valence-electron chi connectivity index (χ4n) is 3.22. The van der Waals surface area contributed by atoms with Crippen LogP contribution in [0, 0.1) is 0 Å². The van der Waals surface area contributed by atoms with Gasteiger partial charge in [0, 0.05) is 37.6 Å². The van der Waals surface area contributed by atoms with Crippen LogP contribution in [0.4, 0.5) is 11.4 Å². The van der Waals surface area contributed by atoms with Crippen LogP contribution in [0.25, 0.3) is 0 Å². The number of piperazine rings is 1. The first-order chi connectivity index (χ1) is 12.7. The second-order valence-electron chi connectivity index (χ2n) is 6.47. The van der Waals surface area contributed by atoms with Crippen molar-refractivity contribution in [1.29, 1.82) is 0 Å². The quantitative estimate of drug-likeness (QED) is 0.866. The van der Waals surface area contributed by atoms with E-state index in [0.29, 0.717) is 6.61 Å². The molecule has 1 fully saturated rings. The molecular formula is C21H27N3O2. The van der Waals surface area contributed by atoms with Crippen LogP contribution in [-0.2, 0) is 4.79 Å². The van der Waals surface area contributed by atoms with E-state index >= 15 is 0 Å². The number of carbonyl (C=O) groups is 1. The summed E-state index contributed by atoms with van der Waals surface area (Å²) in [6, 6.07) is 17.8. The van der Waals surface area contributed by atoms with Gasteiger partial charge >= 0.3 is 0 Å². The average molecular weight is 353 g/mol. The van der Waals surface area contributed by atoms with Crippen LogP contribution in [0.15, 0.2) is 54.6 Å². The summed E-state index contributed by atoms with van der Waals surface area (Å²) in [6.07, 6.45) is 0. The summed E-state index contributed by atoms with van der Waals surface area (Å²) in [5.41, 5.74) is 2.15. The summed E-state index contributed by atoms with van der Waals surface area (Å²) < 4.78 is 5.45. The van der Waals surface area contributed by atoms with E-state index in [1.54, 1.807) is 0 Å². The molecule has 0 spiro atoms. The molecule has 0 radical (unpaired) electrons. The van der Waals surface area contributed by atoms with E-state index in [4.69, 9.17) is 4.74 Å². The predicted octanol–water partition coefficient (Wildman–Crippen LogP) is 3.23. The zero-order valence-corrected chi connectivity index (χ0v) is 15.5. The Morgan fingerprint density at radius 1 is 1.04 bits per heavy atom. The van der Waals surface area contributed by atoms with Gasteiger partial charge in [0.05, 0.1) is 6.61 Å². The lowest BCUT2D eigenvalue weighted by molar-refractivity contribution is -0.131. The highest BCUT2D eigenvalue weighted by Gasteiger charge is 2.24. The van der Waals surface area contributed by atoms with Crippen molar-refractivity contribution in [3.63, 3.8) is 0 Å². The second kappa shape index (κ2) is 8.61. The summed E-state index contributed by atoms with van der Waals surface area (Å²) in [7, 11) is 0. The summed E-state index contributed by atoms with van der Waals surface area (Å²) in [5.74, 6) is 0.987. The fraction of sp³-hybridized carbons (Fsp3) is 0.381. The molecule has 0 aliphatic carbocycles. The molecule has 1 heterocycles. The number of nitrogens with one attached hydrogen (secondary N) is 1. The lowest BCUT2D eigenvalue weighted by Crippen LogP contribution is -2.52. The molecule has 1 N–H and O–H groups in total. The molecule has 2 aromatic carbocycles. The van der Waals surface area contributed by atoms with Crippen molar-refractivity contribution in [2.45, 2.75) is 19.9 Å². The monoisotopic (exact) mass is 353 g/mol. The number of nitrogens with zero attached hydrogens (tertiary/aromatic N) is 2. The first kappa shape index (κ1) is 18.1. The number of para-hydroxylation sites is 1. The van der Waals surface area contributed by atoms with Gasteiger partial charge in [-0.3, -0.25) is 4.79 Å². The molecule has 1 amide bonds. The van der Waals surface area contributed by atoms with Gasteiger partial charge in [-0.05, 0) is 50.2 Å². The SMILES string of the molecule is CCOc1ccc(N[C@@H](C)C(=O)N2CCN(c3ccccc3)CC2)cc1. The molecular weight excluding hydrogens is 326 g/mol. The predicted molar refractivity (Wildman–Crippen MR) is 106 cm³/mol. The Labute approximate surface area is 155 Å². The smallest absolute Gasteiger partial charge is 0.244 e. The number of benzene rings is 2. The van der Waals surface area contributed by atoms with Crippen molar-refractivity contribution in [3.05, 3.63) is 54.6 Å². The van der Waals surface area contributed by atoms with Gasteiger partial charge in [-0.15, -0.1) is 0 Å². The molecule has 138 valence electrons. The van der Waals surface area contributed by atoms with Crippen molar-refractivity contribution in [2.24, 2.45) is 0 Å². The van der Waals surface area contributed by atoms with E-state index < -0.39 is 0 Å². The van der Waals surface area contributed by atoms with Crippen molar-refractivity contribution < 1.29 is 9.53 Å². The highest BCUT2D eigenvalue weighted by molar-refractivity contribution is 5.84. The summed E-state index contributed by atoms with van der Waals surface area (Å²) in [5, 5.41) is 3.29. The van der Waals surface area contributed by atoms with E-state index in [0.717, 1.165) is 37.6 Å². The van der Waals surface area contributed by atoms with E-state index in [1.807, 2.05) is 49.1 Å². The van der Waals surface area contributed by atoms with Crippen LogP contribution in [0.1, 0.15) is 13.8 Å². The maximum Gasteiger partial charge on any atom is 0.244 e. The number of rotatable bonds is 6. The van der Waals surface area contributed by atoms with Crippen LogP contribution in [0.2, 0.25) is 0 Å². The molecule has 0 unspecified atom stereocenters. The van der Waals surface area contributed by atoms with Gasteiger partial charge < -0.3 is 19.9 Å². The van der Waals surface area contributed by atoms with E-state index in [-0.39, 0.29) is 11.9 Å². The molecule has 1 aliphatic rings. The number of hydrogen-bond donors (Lipinski definition) is 1. The number of hydrogen-bond acceptors (Lipinski definition) is 4. The van der Waals surface area contributed by atoms with Gasteiger partial charge in [0.25, 0.3) is 0 Å². The minimum atomic E-state index is -0.254. The first-order valence-electron chi connectivity index (χ1n) is 9.25. The molecule has 5 nitrogen and oxygen atoms in total. The van der Waals surface area contributed by atoms with E-state index in [2.05, 4.69) is 34.5 Å². The van der Waals surface area contributed by atoms with Crippen LogP contribution >= 0.6 is 0 Å². The van der Waals surface area contributed by atoms with E-state index in [9.17, 15) is 4.79 Å². The van der Waals surface area contributed by atoms with Gasteiger partial charge in [0.2, 0.25) is 5.91 Å². The van der Waals surface area contributed by atoms with Crippen molar-refractivity contribution in [1.82, 2.24) is 4.90 Å². The third-order valence-corrected chi connectivity index (χ3v) is 4.63. The minimum Gasteiger partial charge on any atom is -0.494 e. The Morgan fingerprint density at radius 3 is 2.31 bits per heavy atom. The molecule has 0 bridgehead atoms. The van der Waals surface area contributed by atoms with Gasteiger partial charge in [-0.2, -0.15) is 0 Å². The van der Waals surface area contributed by atoms with Crippen molar-refractivity contribution in [2.75, 3.05) is 43.0 Å². The Kier molecular flexibility index (Phi) is 6.00. The lowest BCUT2D eigenvalue weighted by atomic mass is 10.2. The summed E-state index contributed by atoms with van der Waals surface area (Å²) in [4.78, 5) is 17.0. The molecule has 5 heteroatoms. The number of amides is 1. The topological polar surface area (TPSA) is 44.8 Å². The number of ether oxygens (including phenoxy) is 1. The minimum absolute atomic E-state index is 0.145. The van der Waals surface area contributed by atoms with Gasteiger partial charge in [0.1, 0.15) is 11.8 Å². The Morgan fingerprint density at radius 2 is 1.69 bits per heavy atom. The standard InChI is InChI=1S/C21H27N3O2/c1-3-26-20-11-9-18(10-12-20)22-17(2)21(25)24-15-13-23(14-16-24)19-7-5-4-6-8-19/h4-12,17,22H,3,13-16H2,1-2H3/t17-/m0/s1. The molecule has 2 aromatic rings. The van der Waals surface area contributed by atoms with Crippen molar-refractivity contribution >= 4 is 17.3 Å². The molecule has 0 saturated carbocycles. The fourth-order valence-corrected chi connectivity index (χ4v) is 3.22. The molecule has 3 rings (SSSR count). The zero-order chi connectivity index (χ0) is 18.4. The summed E-state index contributed by atoms with van der Waals surface area (Å²) in [6.45, 7) is 7.77. The van der Waals surface area contributed by atoms with E-state index in [1.165, 1.54) is 5.69 Å². The Balaban J connectivity index is 1.51. The highest BCUT2D eigenvalue weighted by Crippen LogP contribution is 2.18. The van der Waals surface area contributed by atoms with Gasteiger partial charge in [-0.1, -0.05) is 18.2 Å². The van der Waals surface area contributed by atoms with Crippen LogP contribution in [0.3, 0.4) is 0 Å². The maximum absolute atomic E-state index is 12.7. The summed E-state index contributed by atoms with van der Waals surface area (Å²) >= 11 is 0. The molecule has 1 saturated heterocycles. The normalized spacial score (nSPS) is 15.5. The highest BCUT2D eigenvalue weighted by atomic mass is 16.5. The third kappa shape index (κ3) is 4.48. The van der Waals surface area contributed by atoms with Crippen LogP contribution in [-0.4, -0.2) is 49.6 Å². The molecule has 1 aliphatic heterocycles. The van der Waals surface area contributed by atoms with Crippen LogP contribution < -0.4 is 15.0 Å². The van der Waals surface area contributed by atoms with Gasteiger partial charge in [-0.25, -0.2) is 0 Å². The number of carbonyl (C=O) groups excluding carboxylic acids is 1. The second-order valence-corrected chi connectivity index (χ2v) is 6.47. The maximum atomic E-state index is 12.7. The largest absolute Gasteiger partial charge is 0.494 e. The average Bonchev–Trinajstić information content (AvgIpc) is 2.70. The first-order valence-corrected chi connectivity index (χ1v) is 9.25. The van der Waals surface area contributed by atoms with Crippen molar-refractivity contribution in [3.8, 4) is 5.75 Å². The Hall–Kier alpha value is -2.69. The third-order valence-electron chi connectivity index (χ3n) is 4.63. The lowest BCUT2D eigenvalue weighted by Gasteiger charge is -2.37. The molecule has 26 heavy (non-hydrogen) atoms. The van der Waals surface area contributed by atoms with Gasteiger partial charge in [0.15, 0.2) is 0 Å². The number of anilines is 2. The zero-order valence-electron chi connectivity index (χ0n) is 15.5. The van der Waals surface area contributed by atoms with Crippen LogP contribution in [0.5, 0.6) is 5.75 Å². The Bertz CT molecular complexity index is 695. The molecule has 1 atom stereocenters. The molecule has 0 aromatic heterocycles.